The van der Waals surface area contributed by atoms with Crippen LogP contribution in [-0.4, -0.2) is 30.5 Å². The number of aryl methyl sites for hydroxylation is 1. The van der Waals surface area contributed by atoms with Crippen LogP contribution in [0, 0.1) is 6.92 Å². The maximum atomic E-state index is 13.4. The molecule has 0 unspecified atom stereocenters. The van der Waals surface area contributed by atoms with E-state index in [2.05, 4.69) is 9.97 Å². The maximum absolute atomic E-state index is 13.4. The van der Waals surface area contributed by atoms with Gasteiger partial charge < -0.3 is 0 Å². The molecule has 0 fully saturated rings. The van der Waals surface area contributed by atoms with E-state index in [1.165, 1.54) is 23.7 Å². The minimum absolute atomic E-state index is 0.176. The number of rotatable bonds is 5. The molecule has 0 bridgehead atoms. The van der Waals surface area contributed by atoms with Crippen LogP contribution in [-0.2, 0) is 16.4 Å². The van der Waals surface area contributed by atoms with Gasteiger partial charge in [-0.15, -0.1) is 0 Å². The van der Waals surface area contributed by atoms with Crippen LogP contribution in [0.2, 0.25) is 0 Å². The number of hydrogen-bond donors (Lipinski definition) is 0. The monoisotopic (exact) mass is 437 g/mol. The van der Waals surface area contributed by atoms with Crippen LogP contribution in [0.5, 0.6) is 0 Å². The first-order valence-corrected chi connectivity index (χ1v) is 11.9. The largest absolute Gasteiger partial charge is 0.279 e. The molecule has 0 aliphatic rings. The van der Waals surface area contributed by atoms with E-state index in [0.29, 0.717) is 27.5 Å². The fraction of sp³-hybridized carbons (Fsp3) is 0.136. The molecule has 152 valence electrons. The van der Waals surface area contributed by atoms with Gasteiger partial charge in [-0.2, -0.15) is 0 Å². The van der Waals surface area contributed by atoms with Gasteiger partial charge in [0.05, 0.1) is 21.7 Å². The van der Waals surface area contributed by atoms with Gasteiger partial charge in [0.15, 0.2) is 15.0 Å². The molecule has 2 aromatic carbocycles. The number of amides is 1. The van der Waals surface area contributed by atoms with Crippen LogP contribution in [0.15, 0.2) is 71.9 Å². The Balaban J connectivity index is 1.79. The molecule has 1 amide bonds. The second-order valence-electron chi connectivity index (χ2n) is 7.02. The highest BCUT2D eigenvalue weighted by molar-refractivity contribution is 7.90. The molecule has 4 rings (SSSR count). The summed E-state index contributed by atoms with van der Waals surface area (Å²) in [4.78, 5) is 24.0. The Bertz CT molecular complexity index is 1330. The van der Waals surface area contributed by atoms with E-state index in [1.807, 2.05) is 37.3 Å². The van der Waals surface area contributed by atoms with Crippen molar-refractivity contribution in [3.63, 3.8) is 0 Å². The first kappa shape index (κ1) is 20.2. The van der Waals surface area contributed by atoms with Gasteiger partial charge in [-0.3, -0.25) is 14.7 Å². The van der Waals surface area contributed by atoms with E-state index in [-0.39, 0.29) is 10.8 Å². The molecule has 0 saturated carbocycles. The minimum Gasteiger partial charge on any atom is -0.279 e. The lowest BCUT2D eigenvalue weighted by Crippen LogP contribution is -2.30. The lowest BCUT2D eigenvalue weighted by atomic mass is 10.1. The first-order chi connectivity index (χ1) is 14.3. The zero-order chi connectivity index (χ0) is 21.3. The van der Waals surface area contributed by atoms with Crippen molar-refractivity contribution in [2.75, 3.05) is 11.2 Å². The molecular formula is C22H19N3O3S2. The second-order valence-corrected chi connectivity index (χ2v) is 10.0. The lowest BCUT2D eigenvalue weighted by molar-refractivity contribution is 0.0985. The molecule has 0 spiro atoms. The molecule has 0 aliphatic carbocycles. The van der Waals surface area contributed by atoms with Gasteiger partial charge in [0.2, 0.25) is 0 Å². The summed E-state index contributed by atoms with van der Waals surface area (Å²) in [6.07, 6.45) is 4.57. The van der Waals surface area contributed by atoms with Gasteiger partial charge in [-0.05, 0) is 48.9 Å². The lowest BCUT2D eigenvalue weighted by Gasteiger charge is -2.20. The number of anilines is 1. The zero-order valence-corrected chi connectivity index (χ0v) is 18.1. The van der Waals surface area contributed by atoms with E-state index < -0.39 is 9.84 Å². The number of carbonyl (C=O) groups is 1. The number of pyridine rings is 1. The standard InChI is InChI=1S/C22H19N3O3S2/c1-15-5-3-7-17(11-15)21(26)25(14-16-6-4-10-23-13-16)22-24-19-9-8-18(30(2,27)28)12-20(19)29-22/h3-13H,14H2,1-2H3. The minimum atomic E-state index is -3.33. The average molecular weight is 438 g/mol. The van der Waals surface area contributed by atoms with E-state index in [9.17, 15) is 13.2 Å². The van der Waals surface area contributed by atoms with E-state index in [0.717, 1.165) is 11.1 Å². The topological polar surface area (TPSA) is 80.2 Å². The second kappa shape index (κ2) is 7.97. The predicted octanol–water partition coefficient (Wildman–Crippen LogP) is 4.25. The summed E-state index contributed by atoms with van der Waals surface area (Å²) in [5.74, 6) is -0.176. The Hall–Kier alpha value is -3.10. The molecular weight excluding hydrogens is 418 g/mol. The molecule has 30 heavy (non-hydrogen) atoms. The fourth-order valence-corrected chi connectivity index (χ4v) is 4.80. The van der Waals surface area contributed by atoms with Crippen LogP contribution in [0.25, 0.3) is 10.2 Å². The first-order valence-electron chi connectivity index (χ1n) is 9.19. The van der Waals surface area contributed by atoms with Gasteiger partial charge >= 0.3 is 0 Å². The third-order valence-corrected chi connectivity index (χ3v) is 6.73. The molecule has 0 radical (unpaired) electrons. The Morgan fingerprint density at radius 2 is 1.93 bits per heavy atom. The summed E-state index contributed by atoms with van der Waals surface area (Å²) in [6, 6.07) is 15.9. The van der Waals surface area contributed by atoms with E-state index >= 15 is 0 Å². The summed E-state index contributed by atoms with van der Waals surface area (Å²) in [5, 5.41) is 0.506. The summed E-state index contributed by atoms with van der Waals surface area (Å²) < 4.78 is 24.5. The van der Waals surface area contributed by atoms with Crippen molar-refractivity contribution in [2.45, 2.75) is 18.4 Å². The third kappa shape index (κ3) is 4.24. The third-order valence-electron chi connectivity index (χ3n) is 4.58. The predicted molar refractivity (Wildman–Crippen MR) is 119 cm³/mol. The highest BCUT2D eigenvalue weighted by Gasteiger charge is 2.22. The highest BCUT2D eigenvalue weighted by atomic mass is 32.2. The van der Waals surface area contributed by atoms with Crippen LogP contribution >= 0.6 is 11.3 Å². The number of carbonyl (C=O) groups excluding carboxylic acids is 1. The molecule has 0 atom stereocenters. The summed E-state index contributed by atoms with van der Waals surface area (Å²) >= 11 is 1.29. The van der Waals surface area contributed by atoms with Gasteiger partial charge in [0, 0.05) is 24.2 Å². The Morgan fingerprint density at radius 1 is 1.10 bits per heavy atom. The number of aromatic nitrogens is 2. The van der Waals surface area contributed by atoms with Gasteiger partial charge in [-0.1, -0.05) is 35.1 Å². The van der Waals surface area contributed by atoms with Crippen LogP contribution in [0.3, 0.4) is 0 Å². The zero-order valence-electron chi connectivity index (χ0n) is 16.4. The molecule has 0 saturated heterocycles. The summed E-state index contributed by atoms with van der Waals surface area (Å²) in [7, 11) is -3.33. The van der Waals surface area contributed by atoms with Gasteiger partial charge in [-0.25, -0.2) is 13.4 Å². The molecule has 8 heteroatoms. The number of fused-ring (bicyclic) bond motifs is 1. The van der Waals surface area contributed by atoms with Gasteiger partial charge in [0.1, 0.15) is 0 Å². The summed E-state index contributed by atoms with van der Waals surface area (Å²) in [5.41, 5.74) is 3.07. The van der Waals surface area contributed by atoms with Crippen LogP contribution in [0.1, 0.15) is 21.5 Å². The Morgan fingerprint density at radius 3 is 2.63 bits per heavy atom. The van der Waals surface area contributed by atoms with Crippen molar-refractivity contribution in [1.82, 2.24) is 9.97 Å². The van der Waals surface area contributed by atoms with Crippen molar-refractivity contribution in [3.05, 3.63) is 83.7 Å². The normalized spacial score (nSPS) is 11.5. The quantitative estimate of drug-likeness (QED) is 0.466. The molecule has 0 N–H and O–H groups in total. The van der Waals surface area contributed by atoms with Crippen molar-refractivity contribution < 1.29 is 13.2 Å². The number of sulfone groups is 1. The maximum Gasteiger partial charge on any atom is 0.260 e. The smallest absolute Gasteiger partial charge is 0.260 e. The van der Waals surface area contributed by atoms with Gasteiger partial charge in [0.25, 0.3) is 5.91 Å². The number of thiazole rings is 1. The van der Waals surface area contributed by atoms with Crippen LogP contribution < -0.4 is 4.90 Å². The average Bonchev–Trinajstić information content (AvgIpc) is 3.14. The van der Waals surface area contributed by atoms with E-state index in [4.69, 9.17) is 0 Å². The van der Waals surface area contributed by atoms with Crippen molar-refractivity contribution in [1.29, 1.82) is 0 Å². The fourth-order valence-electron chi connectivity index (χ4n) is 3.07. The number of benzene rings is 2. The van der Waals surface area contributed by atoms with Crippen molar-refractivity contribution in [3.8, 4) is 0 Å². The van der Waals surface area contributed by atoms with E-state index in [1.54, 1.807) is 35.5 Å². The highest BCUT2D eigenvalue weighted by Crippen LogP contribution is 2.32. The van der Waals surface area contributed by atoms with Crippen molar-refractivity contribution in [2.24, 2.45) is 0 Å². The molecule has 4 aromatic rings. The molecule has 2 aromatic heterocycles. The SMILES string of the molecule is Cc1cccc(C(=O)N(Cc2cccnc2)c2nc3ccc(S(C)(=O)=O)cc3s2)c1. The van der Waals surface area contributed by atoms with Crippen LogP contribution in [0.4, 0.5) is 5.13 Å². The summed E-state index contributed by atoms with van der Waals surface area (Å²) in [6.45, 7) is 2.24. The molecule has 6 nitrogen and oxygen atoms in total. The Labute approximate surface area is 178 Å². The molecule has 2 heterocycles. The molecule has 0 aliphatic heterocycles. The van der Waals surface area contributed by atoms with Crippen molar-refractivity contribution >= 4 is 42.4 Å². The Kier molecular flexibility index (Phi) is 5.36. The number of nitrogens with zero attached hydrogens (tertiary/aromatic N) is 3. The number of hydrogen-bond acceptors (Lipinski definition) is 6.